The molecule has 2 amide bonds. The fourth-order valence-electron chi connectivity index (χ4n) is 1.68. The van der Waals surface area contributed by atoms with E-state index in [1.165, 1.54) is 4.90 Å². The third-order valence-corrected chi connectivity index (χ3v) is 3.16. The van der Waals surface area contributed by atoms with Crippen molar-refractivity contribution in [3.8, 4) is 10.8 Å². The van der Waals surface area contributed by atoms with Gasteiger partial charge in [0.15, 0.2) is 0 Å². The summed E-state index contributed by atoms with van der Waals surface area (Å²) in [5, 5.41) is 0. The van der Waals surface area contributed by atoms with Crippen molar-refractivity contribution in [1.29, 1.82) is 0 Å². The van der Waals surface area contributed by atoms with Crippen molar-refractivity contribution in [2.75, 3.05) is 0 Å². The van der Waals surface area contributed by atoms with E-state index in [0.717, 1.165) is 0 Å². The molecule has 0 radical (unpaired) electrons. The molecule has 1 saturated heterocycles. The Bertz CT molecular complexity index is 329. The molecule has 1 rings (SSSR count). The number of likely N-dealkylation sites (tertiary alicyclic amines) is 1. The second-order valence-electron chi connectivity index (χ2n) is 3.62. The highest BCUT2D eigenvalue weighted by Crippen LogP contribution is 2.29. The third-order valence-electron chi connectivity index (χ3n) is 2.96. The zero-order valence-corrected chi connectivity index (χ0v) is 9.96. The SMILES string of the molecule is CC1C(=O)N(C(=O)C#CBr)C(C)C1C. The Kier molecular flexibility index (Phi) is 3.33. The molecule has 3 atom stereocenters. The number of amides is 2. The molecule has 0 aromatic carbocycles. The van der Waals surface area contributed by atoms with E-state index < -0.39 is 5.91 Å². The summed E-state index contributed by atoms with van der Waals surface area (Å²) in [6.45, 7) is 5.69. The van der Waals surface area contributed by atoms with Crippen LogP contribution in [0.15, 0.2) is 0 Å². The fourth-order valence-corrected chi connectivity index (χ4v) is 1.85. The monoisotopic (exact) mass is 257 g/mol. The Labute approximate surface area is 92.0 Å². The third kappa shape index (κ3) is 1.69. The first-order chi connectivity index (χ1) is 6.50. The number of carbonyl (C=O) groups is 2. The molecule has 76 valence electrons. The summed E-state index contributed by atoms with van der Waals surface area (Å²) in [5.74, 6) is 1.89. The van der Waals surface area contributed by atoms with Crippen LogP contribution in [0.25, 0.3) is 0 Å². The maximum absolute atomic E-state index is 11.7. The summed E-state index contributed by atoms with van der Waals surface area (Å²) >= 11 is 2.85. The minimum Gasteiger partial charge on any atom is -0.274 e. The molecular weight excluding hydrogens is 246 g/mol. The number of hydrogen-bond acceptors (Lipinski definition) is 2. The van der Waals surface area contributed by atoms with Gasteiger partial charge >= 0.3 is 5.91 Å². The Morgan fingerprint density at radius 2 is 2.00 bits per heavy atom. The van der Waals surface area contributed by atoms with Gasteiger partial charge in [-0.1, -0.05) is 13.8 Å². The number of imide groups is 1. The molecule has 1 aliphatic rings. The molecule has 4 heteroatoms. The highest BCUT2D eigenvalue weighted by Gasteiger charge is 2.43. The summed E-state index contributed by atoms with van der Waals surface area (Å²) in [6, 6.07) is -0.0571. The lowest BCUT2D eigenvalue weighted by molar-refractivity contribution is -0.141. The van der Waals surface area contributed by atoms with Gasteiger partial charge in [-0.2, -0.15) is 0 Å². The van der Waals surface area contributed by atoms with E-state index in [4.69, 9.17) is 0 Å². The average molecular weight is 258 g/mol. The van der Waals surface area contributed by atoms with Crippen LogP contribution in [0.2, 0.25) is 0 Å². The Hall–Kier alpha value is -0.820. The maximum atomic E-state index is 11.7. The molecule has 3 unspecified atom stereocenters. The predicted octanol–water partition coefficient (Wildman–Crippen LogP) is 1.37. The van der Waals surface area contributed by atoms with Crippen molar-refractivity contribution < 1.29 is 9.59 Å². The molecule has 3 nitrogen and oxygen atoms in total. The minimum atomic E-state index is -0.421. The molecule has 0 aromatic heterocycles. The normalized spacial score (nSPS) is 31.3. The number of hydrogen-bond donors (Lipinski definition) is 0. The molecule has 0 bridgehead atoms. The second-order valence-corrected chi connectivity index (χ2v) is 4.02. The highest BCUT2D eigenvalue weighted by atomic mass is 79.9. The van der Waals surface area contributed by atoms with E-state index >= 15 is 0 Å². The Balaban J connectivity index is 2.94. The zero-order valence-electron chi connectivity index (χ0n) is 8.37. The second kappa shape index (κ2) is 4.14. The lowest BCUT2D eigenvalue weighted by Crippen LogP contribution is -2.37. The highest BCUT2D eigenvalue weighted by molar-refractivity contribution is 9.12. The summed E-state index contributed by atoms with van der Waals surface area (Å²) < 4.78 is 0. The van der Waals surface area contributed by atoms with Gasteiger partial charge in [-0.15, -0.1) is 0 Å². The van der Waals surface area contributed by atoms with Gasteiger partial charge in [0.25, 0.3) is 0 Å². The van der Waals surface area contributed by atoms with Crippen LogP contribution < -0.4 is 0 Å². The van der Waals surface area contributed by atoms with Gasteiger partial charge in [-0.3, -0.25) is 14.5 Å². The summed E-state index contributed by atoms with van der Waals surface area (Å²) in [6.07, 6.45) is 0. The van der Waals surface area contributed by atoms with E-state index in [1.807, 2.05) is 20.8 Å². The molecular formula is C10H12BrNO2. The average Bonchev–Trinajstić information content (AvgIpc) is 2.32. The van der Waals surface area contributed by atoms with Crippen molar-refractivity contribution in [2.45, 2.75) is 26.8 Å². The molecule has 1 fully saturated rings. The minimum absolute atomic E-state index is 0.0571. The van der Waals surface area contributed by atoms with Crippen molar-refractivity contribution in [2.24, 2.45) is 11.8 Å². The van der Waals surface area contributed by atoms with E-state index in [1.54, 1.807) is 0 Å². The topological polar surface area (TPSA) is 37.4 Å². The van der Waals surface area contributed by atoms with Crippen molar-refractivity contribution >= 4 is 27.7 Å². The number of carbonyl (C=O) groups excluding carboxylic acids is 2. The van der Waals surface area contributed by atoms with E-state index in [2.05, 4.69) is 26.7 Å². The lowest BCUT2D eigenvalue weighted by Gasteiger charge is -2.18. The quantitative estimate of drug-likeness (QED) is 0.615. The molecule has 0 N–H and O–H groups in total. The first-order valence-electron chi connectivity index (χ1n) is 4.49. The maximum Gasteiger partial charge on any atom is 0.306 e. The van der Waals surface area contributed by atoms with Crippen LogP contribution in [-0.4, -0.2) is 22.8 Å². The van der Waals surface area contributed by atoms with Crippen LogP contribution in [0.4, 0.5) is 0 Å². The van der Waals surface area contributed by atoms with Crippen molar-refractivity contribution in [3.05, 3.63) is 0 Å². The van der Waals surface area contributed by atoms with Gasteiger partial charge in [-0.25, -0.2) is 0 Å². The van der Waals surface area contributed by atoms with Crippen LogP contribution in [0.5, 0.6) is 0 Å². The standard InChI is InChI=1S/C10H12BrNO2/c1-6-7(2)10(14)12(8(6)3)9(13)4-5-11/h6-8H,1-3H3. The van der Waals surface area contributed by atoms with E-state index in [-0.39, 0.29) is 23.8 Å². The summed E-state index contributed by atoms with van der Waals surface area (Å²) in [4.78, 5) is 26.7. The van der Waals surface area contributed by atoms with Crippen molar-refractivity contribution in [3.63, 3.8) is 0 Å². The predicted molar refractivity (Wildman–Crippen MR) is 56.3 cm³/mol. The molecule has 1 aliphatic heterocycles. The van der Waals surface area contributed by atoms with E-state index in [9.17, 15) is 9.59 Å². The fraction of sp³-hybridized carbons (Fsp3) is 0.600. The van der Waals surface area contributed by atoms with Crippen LogP contribution in [0.3, 0.4) is 0 Å². The first kappa shape index (κ1) is 11.3. The zero-order chi connectivity index (χ0) is 10.9. The molecule has 0 aliphatic carbocycles. The van der Waals surface area contributed by atoms with Gasteiger partial charge in [0, 0.05) is 33.8 Å². The van der Waals surface area contributed by atoms with Crippen LogP contribution in [-0.2, 0) is 9.59 Å². The van der Waals surface area contributed by atoms with Crippen LogP contribution >= 0.6 is 15.9 Å². The molecule has 0 aromatic rings. The molecule has 1 heterocycles. The summed E-state index contributed by atoms with van der Waals surface area (Å²) in [7, 11) is 0. The van der Waals surface area contributed by atoms with Gasteiger partial charge in [0.2, 0.25) is 5.91 Å². The van der Waals surface area contributed by atoms with Gasteiger partial charge < -0.3 is 0 Å². The van der Waals surface area contributed by atoms with Gasteiger partial charge in [0.05, 0.1) is 0 Å². The molecule has 0 saturated carbocycles. The molecule has 14 heavy (non-hydrogen) atoms. The number of halogens is 1. The van der Waals surface area contributed by atoms with Crippen LogP contribution in [0, 0.1) is 22.6 Å². The largest absolute Gasteiger partial charge is 0.306 e. The lowest BCUT2D eigenvalue weighted by atomic mass is 9.95. The Morgan fingerprint density at radius 1 is 1.43 bits per heavy atom. The van der Waals surface area contributed by atoms with Gasteiger partial charge in [0.1, 0.15) is 0 Å². The van der Waals surface area contributed by atoms with E-state index in [0.29, 0.717) is 0 Å². The number of nitrogens with zero attached hydrogens (tertiary/aromatic N) is 1. The Morgan fingerprint density at radius 3 is 2.36 bits per heavy atom. The van der Waals surface area contributed by atoms with Gasteiger partial charge in [-0.05, 0) is 17.7 Å². The van der Waals surface area contributed by atoms with Crippen molar-refractivity contribution in [1.82, 2.24) is 4.90 Å². The summed E-state index contributed by atoms with van der Waals surface area (Å²) in [5.41, 5.74) is 0. The first-order valence-corrected chi connectivity index (χ1v) is 5.28. The van der Waals surface area contributed by atoms with Crippen LogP contribution in [0.1, 0.15) is 20.8 Å². The number of rotatable bonds is 0. The molecule has 0 spiro atoms. The smallest absolute Gasteiger partial charge is 0.274 e.